The lowest BCUT2D eigenvalue weighted by Crippen LogP contribution is -2.16. The summed E-state index contributed by atoms with van der Waals surface area (Å²) in [7, 11) is 0. The Morgan fingerprint density at radius 1 is 1.29 bits per heavy atom. The second-order valence-electron chi connectivity index (χ2n) is 5.28. The second kappa shape index (κ2) is 6.88. The maximum Gasteiger partial charge on any atom is 0.354 e. The Balaban J connectivity index is 2.09. The number of hydrogen-bond donors (Lipinski definition) is 1. The highest BCUT2D eigenvalue weighted by atomic mass is 35.5. The number of carbonyl (C=O) groups is 1. The first-order valence-corrected chi connectivity index (χ1v) is 7.99. The number of carboxylic acid groups (broad SMARTS) is 1. The molecule has 2 aromatic heterocycles. The third kappa shape index (κ3) is 3.19. The first-order chi connectivity index (χ1) is 11.6. The van der Waals surface area contributed by atoms with Crippen LogP contribution in [0.3, 0.4) is 0 Å². The van der Waals surface area contributed by atoms with Crippen LogP contribution >= 0.6 is 11.6 Å². The Morgan fingerprint density at radius 2 is 2.04 bits per heavy atom. The predicted molar refractivity (Wildman–Crippen MR) is 90.6 cm³/mol. The highest BCUT2D eigenvalue weighted by Gasteiger charge is 2.19. The molecule has 124 valence electrons. The van der Waals surface area contributed by atoms with Crippen LogP contribution in [0.2, 0.25) is 0 Å². The summed E-state index contributed by atoms with van der Waals surface area (Å²) in [5.41, 5.74) is 2.60. The quantitative estimate of drug-likeness (QED) is 0.695. The van der Waals surface area contributed by atoms with Gasteiger partial charge in [0.1, 0.15) is 17.9 Å². The van der Waals surface area contributed by atoms with Crippen LogP contribution in [0.1, 0.15) is 27.4 Å². The number of benzene rings is 1. The molecule has 2 heterocycles. The van der Waals surface area contributed by atoms with Gasteiger partial charge in [0.05, 0.1) is 5.88 Å². The number of carboxylic acids is 1. The van der Waals surface area contributed by atoms with Crippen molar-refractivity contribution in [2.45, 2.75) is 13.3 Å². The molecule has 6 nitrogen and oxygen atoms in total. The Hall–Kier alpha value is -2.60. The van der Waals surface area contributed by atoms with Gasteiger partial charge in [0.25, 0.3) is 0 Å². The van der Waals surface area contributed by atoms with Crippen LogP contribution in [0.5, 0.6) is 0 Å². The number of hydrogen-bond acceptors (Lipinski definition) is 4. The molecule has 0 saturated heterocycles. The zero-order valence-electron chi connectivity index (χ0n) is 13.1. The summed E-state index contributed by atoms with van der Waals surface area (Å²) in [5.74, 6) is -0.168. The van der Waals surface area contributed by atoms with Gasteiger partial charge in [0, 0.05) is 0 Å². The van der Waals surface area contributed by atoms with Crippen LogP contribution in [0, 0.1) is 6.92 Å². The van der Waals surface area contributed by atoms with Gasteiger partial charge in [-0.1, -0.05) is 30.3 Å². The van der Waals surface area contributed by atoms with E-state index in [1.165, 1.54) is 4.73 Å². The van der Waals surface area contributed by atoms with Crippen LogP contribution in [0.25, 0.3) is 11.2 Å². The van der Waals surface area contributed by atoms with E-state index in [0.717, 1.165) is 5.56 Å². The number of pyridine rings is 1. The fraction of sp³-hybridized carbons (Fsp3) is 0.235. The molecule has 0 atom stereocenters. The summed E-state index contributed by atoms with van der Waals surface area (Å²) < 4.78 is 1.43. The Morgan fingerprint density at radius 3 is 2.71 bits per heavy atom. The van der Waals surface area contributed by atoms with Gasteiger partial charge in [-0.05, 0) is 30.5 Å². The molecule has 0 aliphatic rings. The Kier molecular flexibility index (Phi) is 4.66. The fourth-order valence-electron chi connectivity index (χ4n) is 2.55. The minimum atomic E-state index is -1.08. The van der Waals surface area contributed by atoms with Crippen molar-refractivity contribution in [1.82, 2.24) is 14.7 Å². The van der Waals surface area contributed by atoms with Gasteiger partial charge in [0.2, 0.25) is 0 Å². The van der Waals surface area contributed by atoms with Gasteiger partial charge in [-0.3, -0.25) is 0 Å². The average molecular weight is 346 g/mol. The van der Waals surface area contributed by atoms with Crippen molar-refractivity contribution in [1.29, 1.82) is 0 Å². The highest BCUT2D eigenvalue weighted by molar-refractivity contribution is 6.17. The molecule has 0 amide bonds. The molecule has 0 aliphatic heterocycles. The summed E-state index contributed by atoms with van der Waals surface area (Å²) in [5, 5.41) is 9.52. The molecule has 3 aromatic rings. The zero-order valence-corrected chi connectivity index (χ0v) is 13.8. The monoisotopic (exact) mass is 345 g/mol. The third-order valence-corrected chi connectivity index (χ3v) is 3.72. The number of rotatable bonds is 6. The summed E-state index contributed by atoms with van der Waals surface area (Å²) >= 11 is 5.65. The van der Waals surface area contributed by atoms with E-state index in [0.29, 0.717) is 34.9 Å². The van der Waals surface area contributed by atoms with E-state index in [1.807, 2.05) is 30.3 Å². The van der Waals surface area contributed by atoms with E-state index in [1.54, 1.807) is 13.0 Å². The van der Waals surface area contributed by atoms with Crippen LogP contribution in [0.4, 0.5) is 0 Å². The number of aryl methyl sites for hydroxylation is 1. The fourth-order valence-corrected chi connectivity index (χ4v) is 2.62. The van der Waals surface area contributed by atoms with E-state index >= 15 is 0 Å². The van der Waals surface area contributed by atoms with Crippen molar-refractivity contribution < 1.29 is 14.7 Å². The van der Waals surface area contributed by atoms with Gasteiger partial charge in [-0.2, -0.15) is 0 Å². The molecule has 0 spiro atoms. The number of halogens is 1. The van der Waals surface area contributed by atoms with E-state index in [4.69, 9.17) is 16.4 Å². The number of alkyl halides is 1. The number of nitrogens with zero attached hydrogens (tertiary/aromatic N) is 3. The molecule has 24 heavy (non-hydrogen) atoms. The van der Waals surface area contributed by atoms with Gasteiger partial charge in [0.15, 0.2) is 11.3 Å². The molecular weight excluding hydrogens is 330 g/mol. The lowest BCUT2D eigenvalue weighted by atomic mass is 10.0. The van der Waals surface area contributed by atoms with Crippen molar-refractivity contribution in [2.24, 2.45) is 0 Å². The highest BCUT2D eigenvalue weighted by Crippen LogP contribution is 2.20. The molecular formula is C17H16ClN3O3. The lowest BCUT2D eigenvalue weighted by Gasteiger charge is -2.09. The number of aromatic carboxylic acids is 1. The maximum absolute atomic E-state index is 11.6. The normalized spacial score (nSPS) is 10.9. The third-order valence-electron chi connectivity index (χ3n) is 3.57. The average Bonchev–Trinajstić information content (AvgIpc) is 2.87. The van der Waals surface area contributed by atoms with E-state index in [-0.39, 0.29) is 12.3 Å². The molecule has 0 aliphatic carbocycles. The number of fused-ring (bicyclic) bond motifs is 1. The molecule has 1 aromatic carbocycles. The Bertz CT molecular complexity index is 878. The van der Waals surface area contributed by atoms with Gasteiger partial charge in [-0.25, -0.2) is 14.8 Å². The van der Waals surface area contributed by atoms with Gasteiger partial charge < -0.3 is 9.94 Å². The van der Waals surface area contributed by atoms with E-state index in [2.05, 4.69) is 9.97 Å². The zero-order chi connectivity index (χ0) is 17.1. The minimum absolute atomic E-state index is 0.00183. The SMILES string of the molecule is Cc1nc2cc(Cc3ccccc3)c(C(=O)O)nc2n1OCCCl. The van der Waals surface area contributed by atoms with Crippen molar-refractivity contribution in [3.05, 3.63) is 59.0 Å². The van der Waals surface area contributed by atoms with Crippen molar-refractivity contribution >= 4 is 28.7 Å². The van der Waals surface area contributed by atoms with Crippen LogP contribution < -0.4 is 4.84 Å². The predicted octanol–water partition coefficient (Wildman–Crippen LogP) is 2.70. The molecule has 0 bridgehead atoms. The van der Waals surface area contributed by atoms with Crippen molar-refractivity contribution in [3.8, 4) is 0 Å². The first kappa shape index (κ1) is 16.3. The molecule has 7 heteroatoms. The largest absolute Gasteiger partial charge is 0.477 e. The summed E-state index contributed by atoms with van der Waals surface area (Å²) in [6.45, 7) is 2.05. The summed E-state index contributed by atoms with van der Waals surface area (Å²) in [6, 6.07) is 11.4. The molecule has 1 N–H and O–H groups in total. The lowest BCUT2D eigenvalue weighted by molar-refractivity contribution is 0.0689. The number of imidazole rings is 1. The van der Waals surface area contributed by atoms with Crippen molar-refractivity contribution in [2.75, 3.05) is 12.5 Å². The van der Waals surface area contributed by atoms with Crippen molar-refractivity contribution in [3.63, 3.8) is 0 Å². The Labute approximate surface area is 143 Å². The standard InChI is InChI=1S/C17H16ClN3O3/c1-11-19-14-10-13(9-12-5-3-2-4-6-12)15(17(22)23)20-16(14)21(11)24-8-7-18/h2-6,10H,7-9H2,1H3,(H,22,23). The van der Waals surface area contributed by atoms with Crippen LogP contribution in [0.15, 0.2) is 36.4 Å². The van der Waals surface area contributed by atoms with Crippen LogP contribution in [-0.2, 0) is 6.42 Å². The maximum atomic E-state index is 11.6. The summed E-state index contributed by atoms with van der Waals surface area (Å²) in [6.07, 6.45) is 0.472. The molecule has 3 rings (SSSR count). The second-order valence-corrected chi connectivity index (χ2v) is 5.66. The number of aromatic nitrogens is 3. The first-order valence-electron chi connectivity index (χ1n) is 7.45. The smallest absolute Gasteiger partial charge is 0.354 e. The van der Waals surface area contributed by atoms with Gasteiger partial charge in [-0.15, -0.1) is 16.3 Å². The molecule has 0 radical (unpaired) electrons. The minimum Gasteiger partial charge on any atom is -0.477 e. The van der Waals surface area contributed by atoms with E-state index < -0.39 is 5.97 Å². The summed E-state index contributed by atoms with van der Waals surface area (Å²) in [4.78, 5) is 25.8. The van der Waals surface area contributed by atoms with Crippen LogP contribution in [-0.4, -0.2) is 38.3 Å². The topological polar surface area (TPSA) is 77.2 Å². The molecule has 0 fully saturated rings. The van der Waals surface area contributed by atoms with Gasteiger partial charge >= 0.3 is 5.97 Å². The van der Waals surface area contributed by atoms with E-state index in [9.17, 15) is 9.90 Å². The molecule has 0 unspecified atom stereocenters. The molecule has 0 saturated carbocycles.